The van der Waals surface area contributed by atoms with Gasteiger partial charge in [0.25, 0.3) is 5.56 Å². The van der Waals surface area contributed by atoms with Crippen molar-refractivity contribution in [2.24, 2.45) is 0 Å². The third kappa shape index (κ3) is 3.00. The number of carbonyl (C=O) groups excluding carboxylic acids is 1. The Morgan fingerprint density at radius 3 is 2.78 bits per heavy atom. The van der Waals surface area contributed by atoms with Crippen LogP contribution in [0.4, 0.5) is 4.39 Å². The van der Waals surface area contributed by atoms with Crippen LogP contribution in [0.25, 0.3) is 10.2 Å². The van der Waals surface area contributed by atoms with Gasteiger partial charge in [-0.2, -0.15) is 0 Å². The molecule has 2 aromatic heterocycles. The number of nitrogens with zero attached hydrogens (tertiary/aromatic N) is 2. The first-order valence-corrected chi connectivity index (χ1v) is 7.86. The molecular weight excluding hydrogens is 319 g/mol. The fourth-order valence-corrected chi connectivity index (χ4v) is 3.09. The minimum atomic E-state index is -0.530. The minimum absolute atomic E-state index is 0.234. The largest absolute Gasteiger partial charge is 0.462 e. The van der Waals surface area contributed by atoms with E-state index in [1.54, 1.807) is 24.4 Å². The van der Waals surface area contributed by atoms with Gasteiger partial charge in [-0.25, -0.2) is 14.2 Å². The number of halogens is 1. The normalized spacial score (nSPS) is 10.9. The molecule has 0 unspecified atom stereocenters. The van der Waals surface area contributed by atoms with E-state index in [1.807, 2.05) is 0 Å². The Labute approximate surface area is 135 Å². The SMILES string of the molecule is CCOC(=O)c1csc2ncn(Cc3ccc(F)cc3)c(=O)c12. The highest BCUT2D eigenvalue weighted by Crippen LogP contribution is 2.21. The highest BCUT2D eigenvalue weighted by atomic mass is 32.1. The quantitative estimate of drug-likeness (QED) is 0.689. The van der Waals surface area contributed by atoms with Crippen molar-refractivity contribution >= 4 is 27.5 Å². The Balaban J connectivity index is 2.04. The summed E-state index contributed by atoms with van der Waals surface area (Å²) in [6.45, 7) is 2.19. The molecule has 0 saturated carbocycles. The van der Waals surface area contributed by atoms with Crippen molar-refractivity contribution in [1.29, 1.82) is 0 Å². The van der Waals surface area contributed by atoms with Gasteiger partial charge in [-0.15, -0.1) is 11.3 Å². The highest BCUT2D eigenvalue weighted by molar-refractivity contribution is 7.17. The van der Waals surface area contributed by atoms with Crippen LogP contribution in [0.1, 0.15) is 22.8 Å². The summed E-state index contributed by atoms with van der Waals surface area (Å²) in [5.41, 5.74) is 0.684. The van der Waals surface area contributed by atoms with Gasteiger partial charge in [0.05, 0.1) is 30.4 Å². The molecule has 23 heavy (non-hydrogen) atoms. The summed E-state index contributed by atoms with van der Waals surface area (Å²) in [4.78, 5) is 29.3. The number of fused-ring (bicyclic) bond motifs is 1. The van der Waals surface area contributed by atoms with Gasteiger partial charge in [0.15, 0.2) is 0 Å². The highest BCUT2D eigenvalue weighted by Gasteiger charge is 2.18. The van der Waals surface area contributed by atoms with Crippen molar-refractivity contribution in [3.8, 4) is 0 Å². The van der Waals surface area contributed by atoms with Gasteiger partial charge in [0.2, 0.25) is 0 Å². The van der Waals surface area contributed by atoms with E-state index in [2.05, 4.69) is 4.98 Å². The van der Waals surface area contributed by atoms with Gasteiger partial charge in [-0.3, -0.25) is 9.36 Å². The maximum Gasteiger partial charge on any atom is 0.339 e. The number of ether oxygens (including phenoxy) is 1. The van der Waals surface area contributed by atoms with Gasteiger partial charge in [-0.1, -0.05) is 12.1 Å². The predicted octanol–water partition coefficient (Wildman–Crippen LogP) is 2.82. The molecule has 0 amide bonds. The van der Waals surface area contributed by atoms with Crippen LogP contribution in [0.15, 0.2) is 40.8 Å². The second-order valence-electron chi connectivity index (χ2n) is 4.85. The van der Waals surface area contributed by atoms with Crippen molar-refractivity contribution < 1.29 is 13.9 Å². The van der Waals surface area contributed by atoms with E-state index in [0.29, 0.717) is 4.83 Å². The summed E-state index contributed by atoms with van der Waals surface area (Å²) in [5, 5.41) is 1.84. The number of thiophene rings is 1. The maximum atomic E-state index is 13.0. The standard InChI is InChI=1S/C16H13FN2O3S/c1-2-22-16(21)12-8-23-14-13(12)15(20)19(9-18-14)7-10-3-5-11(17)6-4-10/h3-6,8-9H,2,7H2,1H3. The van der Waals surface area contributed by atoms with E-state index in [9.17, 15) is 14.0 Å². The second-order valence-corrected chi connectivity index (χ2v) is 5.71. The fourth-order valence-electron chi connectivity index (χ4n) is 2.23. The number of hydrogen-bond acceptors (Lipinski definition) is 5. The van der Waals surface area contributed by atoms with Gasteiger partial charge < -0.3 is 4.74 Å². The lowest BCUT2D eigenvalue weighted by atomic mass is 10.2. The van der Waals surface area contributed by atoms with Crippen LogP contribution in [0.3, 0.4) is 0 Å². The molecule has 2 heterocycles. The number of aromatic nitrogens is 2. The fraction of sp³-hybridized carbons (Fsp3) is 0.188. The number of carbonyl (C=O) groups is 1. The van der Waals surface area contributed by atoms with Crippen LogP contribution >= 0.6 is 11.3 Å². The van der Waals surface area contributed by atoms with Crippen LogP contribution < -0.4 is 5.56 Å². The molecule has 3 aromatic rings. The third-order valence-electron chi connectivity index (χ3n) is 3.32. The molecule has 118 valence electrons. The van der Waals surface area contributed by atoms with E-state index in [1.165, 1.54) is 34.4 Å². The zero-order valence-corrected chi connectivity index (χ0v) is 13.1. The maximum absolute atomic E-state index is 13.0. The molecule has 0 aliphatic rings. The number of esters is 1. The Bertz CT molecular complexity index is 915. The van der Waals surface area contributed by atoms with Gasteiger partial charge >= 0.3 is 5.97 Å². The average Bonchev–Trinajstić information content (AvgIpc) is 2.97. The molecule has 5 nitrogen and oxygen atoms in total. The smallest absolute Gasteiger partial charge is 0.339 e. The summed E-state index contributed by atoms with van der Waals surface area (Å²) in [6.07, 6.45) is 1.43. The molecule has 1 aromatic carbocycles. The summed E-state index contributed by atoms with van der Waals surface area (Å²) < 4.78 is 19.3. The molecule has 3 rings (SSSR count). The first kappa shape index (κ1) is 15.4. The van der Waals surface area contributed by atoms with Crippen LogP contribution in [0.5, 0.6) is 0 Å². The second kappa shape index (κ2) is 6.29. The Hall–Kier alpha value is -2.54. The topological polar surface area (TPSA) is 61.2 Å². The first-order valence-electron chi connectivity index (χ1n) is 6.98. The number of benzene rings is 1. The molecule has 7 heteroatoms. The molecular formula is C16H13FN2O3S. The molecule has 0 N–H and O–H groups in total. The monoisotopic (exact) mass is 332 g/mol. The first-order chi connectivity index (χ1) is 11.1. The molecule has 0 spiro atoms. The van der Waals surface area contributed by atoms with E-state index in [4.69, 9.17) is 4.74 Å². The van der Waals surface area contributed by atoms with Crippen molar-refractivity contribution in [3.05, 3.63) is 63.3 Å². The molecule has 0 aliphatic heterocycles. The average molecular weight is 332 g/mol. The van der Waals surface area contributed by atoms with Gasteiger partial charge in [0, 0.05) is 5.38 Å². The van der Waals surface area contributed by atoms with Crippen molar-refractivity contribution in [1.82, 2.24) is 9.55 Å². The lowest BCUT2D eigenvalue weighted by Crippen LogP contribution is -2.22. The van der Waals surface area contributed by atoms with E-state index >= 15 is 0 Å². The predicted molar refractivity (Wildman–Crippen MR) is 85.3 cm³/mol. The van der Waals surface area contributed by atoms with Crippen LogP contribution in [-0.2, 0) is 11.3 Å². The molecule has 0 fully saturated rings. The van der Waals surface area contributed by atoms with Crippen molar-refractivity contribution in [2.75, 3.05) is 6.61 Å². The summed E-state index contributed by atoms with van der Waals surface area (Å²) >= 11 is 1.22. The summed E-state index contributed by atoms with van der Waals surface area (Å²) in [6, 6.07) is 5.87. The third-order valence-corrected chi connectivity index (χ3v) is 4.21. The molecule has 0 bridgehead atoms. The van der Waals surface area contributed by atoms with Crippen LogP contribution in [-0.4, -0.2) is 22.1 Å². The van der Waals surface area contributed by atoms with Gasteiger partial charge in [-0.05, 0) is 24.6 Å². The van der Waals surface area contributed by atoms with E-state index in [-0.39, 0.29) is 35.5 Å². The zero-order valence-electron chi connectivity index (χ0n) is 12.3. The summed E-state index contributed by atoms with van der Waals surface area (Å²) in [5.74, 6) is -0.866. The molecule has 0 saturated heterocycles. The number of hydrogen-bond donors (Lipinski definition) is 0. The lowest BCUT2D eigenvalue weighted by Gasteiger charge is -2.06. The lowest BCUT2D eigenvalue weighted by molar-refractivity contribution is 0.0529. The van der Waals surface area contributed by atoms with Crippen molar-refractivity contribution in [2.45, 2.75) is 13.5 Å². The van der Waals surface area contributed by atoms with E-state index in [0.717, 1.165) is 5.56 Å². The molecule has 0 aliphatic carbocycles. The Morgan fingerprint density at radius 2 is 2.09 bits per heavy atom. The molecule has 0 atom stereocenters. The Kier molecular flexibility index (Phi) is 4.20. The van der Waals surface area contributed by atoms with Crippen LogP contribution in [0, 0.1) is 5.82 Å². The minimum Gasteiger partial charge on any atom is -0.462 e. The molecule has 0 radical (unpaired) electrons. The number of rotatable bonds is 4. The van der Waals surface area contributed by atoms with Gasteiger partial charge in [0.1, 0.15) is 10.6 Å². The van der Waals surface area contributed by atoms with Crippen LogP contribution in [0.2, 0.25) is 0 Å². The summed E-state index contributed by atoms with van der Waals surface area (Å²) in [7, 11) is 0. The zero-order chi connectivity index (χ0) is 16.4. The Morgan fingerprint density at radius 1 is 1.35 bits per heavy atom. The van der Waals surface area contributed by atoms with E-state index < -0.39 is 5.97 Å². The van der Waals surface area contributed by atoms with Crippen molar-refractivity contribution in [3.63, 3.8) is 0 Å².